The monoisotopic (exact) mass is 407 g/mol. The molecule has 29 heavy (non-hydrogen) atoms. The normalized spacial score (nSPS) is 10.8. The molecule has 6 heteroatoms. The summed E-state index contributed by atoms with van der Waals surface area (Å²) in [5, 5.41) is 3.74. The Morgan fingerprint density at radius 2 is 1.69 bits per heavy atom. The molecule has 0 radical (unpaired) electrons. The van der Waals surface area contributed by atoms with Crippen molar-refractivity contribution in [3.8, 4) is 11.3 Å². The van der Waals surface area contributed by atoms with Gasteiger partial charge in [0.2, 0.25) is 5.91 Å². The number of carbonyl (C=O) groups excluding carboxylic acids is 1. The summed E-state index contributed by atoms with van der Waals surface area (Å²) in [6, 6.07) is 19.0. The highest BCUT2D eigenvalue weighted by Crippen LogP contribution is 2.24. The van der Waals surface area contributed by atoms with E-state index in [9.17, 15) is 14.0 Å². The predicted molar refractivity (Wildman–Crippen MR) is 112 cm³/mol. The lowest BCUT2D eigenvalue weighted by Crippen LogP contribution is -2.14. The van der Waals surface area contributed by atoms with Crippen LogP contribution in [0.4, 0.5) is 10.1 Å². The van der Waals surface area contributed by atoms with E-state index in [1.165, 1.54) is 18.2 Å². The van der Waals surface area contributed by atoms with Gasteiger partial charge in [0.25, 0.3) is 0 Å². The zero-order valence-corrected chi connectivity index (χ0v) is 15.9. The van der Waals surface area contributed by atoms with Gasteiger partial charge in [0, 0.05) is 22.3 Å². The maximum Gasteiger partial charge on any atom is 0.228 e. The van der Waals surface area contributed by atoms with Crippen LogP contribution in [0, 0.1) is 5.82 Å². The highest BCUT2D eigenvalue weighted by atomic mass is 35.5. The van der Waals surface area contributed by atoms with Crippen molar-refractivity contribution in [3.63, 3.8) is 0 Å². The molecular weight excluding hydrogens is 393 g/mol. The molecule has 0 bridgehead atoms. The Kier molecular flexibility index (Phi) is 5.14. The van der Waals surface area contributed by atoms with Gasteiger partial charge in [-0.2, -0.15) is 0 Å². The number of hydrogen-bond donors (Lipinski definition) is 1. The van der Waals surface area contributed by atoms with Crippen molar-refractivity contribution < 1.29 is 13.6 Å². The molecule has 3 aromatic carbocycles. The van der Waals surface area contributed by atoms with Crippen LogP contribution in [0.1, 0.15) is 5.56 Å². The van der Waals surface area contributed by atoms with E-state index in [1.54, 1.807) is 54.6 Å². The van der Waals surface area contributed by atoms with Gasteiger partial charge in [0.15, 0.2) is 5.43 Å². The van der Waals surface area contributed by atoms with Gasteiger partial charge < -0.3 is 9.73 Å². The number of amides is 1. The number of anilines is 1. The zero-order valence-electron chi connectivity index (χ0n) is 15.1. The molecule has 1 heterocycles. The molecule has 0 unspecified atom stereocenters. The largest absolute Gasteiger partial charge is 0.456 e. The van der Waals surface area contributed by atoms with Crippen LogP contribution in [-0.4, -0.2) is 5.91 Å². The summed E-state index contributed by atoms with van der Waals surface area (Å²) in [5.74, 6) is -0.225. The van der Waals surface area contributed by atoms with Crippen LogP contribution in [0.15, 0.2) is 82.0 Å². The first-order valence-corrected chi connectivity index (χ1v) is 9.24. The lowest BCUT2D eigenvalue weighted by Gasteiger charge is -2.08. The van der Waals surface area contributed by atoms with Gasteiger partial charge in [0.1, 0.15) is 17.2 Å². The minimum Gasteiger partial charge on any atom is -0.456 e. The number of hydrogen-bond acceptors (Lipinski definition) is 3. The lowest BCUT2D eigenvalue weighted by molar-refractivity contribution is -0.115. The summed E-state index contributed by atoms with van der Waals surface area (Å²) in [7, 11) is 0. The average molecular weight is 408 g/mol. The summed E-state index contributed by atoms with van der Waals surface area (Å²) in [6.45, 7) is 0. The standard InChI is InChI=1S/C23H15ClFNO3/c24-16-5-1-14(2-6-16)11-23(28)26-18-9-10-21-19(12-18)20(27)13-22(29-21)15-3-7-17(25)8-4-15/h1-10,12-13H,11H2,(H,26,28). The molecule has 1 aromatic heterocycles. The van der Waals surface area contributed by atoms with Gasteiger partial charge in [-0.3, -0.25) is 9.59 Å². The minimum atomic E-state index is -0.365. The van der Waals surface area contributed by atoms with E-state index >= 15 is 0 Å². The first kappa shape index (κ1) is 18.9. The third kappa shape index (κ3) is 4.36. The van der Waals surface area contributed by atoms with Crippen LogP contribution < -0.4 is 10.7 Å². The van der Waals surface area contributed by atoms with E-state index in [4.69, 9.17) is 16.0 Å². The lowest BCUT2D eigenvalue weighted by atomic mass is 10.1. The number of rotatable bonds is 4. The Hall–Kier alpha value is -3.44. The smallest absolute Gasteiger partial charge is 0.228 e. The molecule has 0 atom stereocenters. The molecule has 144 valence electrons. The predicted octanol–water partition coefficient (Wildman–Crippen LogP) is 5.43. The van der Waals surface area contributed by atoms with Gasteiger partial charge >= 0.3 is 0 Å². The van der Waals surface area contributed by atoms with E-state index in [0.717, 1.165) is 5.56 Å². The van der Waals surface area contributed by atoms with Crippen LogP contribution >= 0.6 is 11.6 Å². The molecule has 4 rings (SSSR count). The summed E-state index contributed by atoms with van der Waals surface area (Å²) in [4.78, 5) is 24.8. The fourth-order valence-corrected chi connectivity index (χ4v) is 3.11. The van der Waals surface area contributed by atoms with E-state index in [-0.39, 0.29) is 23.6 Å². The summed E-state index contributed by atoms with van der Waals surface area (Å²) < 4.78 is 18.9. The molecule has 0 saturated carbocycles. The number of nitrogens with one attached hydrogen (secondary N) is 1. The van der Waals surface area contributed by atoms with Crippen molar-refractivity contribution in [2.24, 2.45) is 0 Å². The van der Waals surface area contributed by atoms with Gasteiger partial charge in [-0.25, -0.2) is 4.39 Å². The van der Waals surface area contributed by atoms with E-state index in [0.29, 0.717) is 33.0 Å². The van der Waals surface area contributed by atoms with E-state index in [2.05, 4.69) is 5.32 Å². The molecule has 4 nitrogen and oxygen atoms in total. The molecule has 0 aliphatic heterocycles. The summed E-state index contributed by atoms with van der Waals surface area (Å²) in [5.41, 5.74) is 2.06. The topological polar surface area (TPSA) is 59.3 Å². The second-order valence-electron chi connectivity index (χ2n) is 6.54. The van der Waals surface area contributed by atoms with Gasteiger partial charge in [-0.05, 0) is 60.2 Å². The molecule has 0 saturated heterocycles. The van der Waals surface area contributed by atoms with Crippen molar-refractivity contribution >= 4 is 34.2 Å². The number of fused-ring (bicyclic) bond motifs is 1. The number of benzene rings is 3. The van der Waals surface area contributed by atoms with Crippen LogP contribution in [0.3, 0.4) is 0 Å². The maximum absolute atomic E-state index is 13.1. The average Bonchev–Trinajstić information content (AvgIpc) is 2.70. The van der Waals surface area contributed by atoms with Crippen LogP contribution in [0.2, 0.25) is 5.02 Å². The Morgan fingerprint density at radius 1 is 0.966 bits per heavy atom. The SMILES string of the molecule is O=C(Cc1ccc(Cl)cc1)Nc1ccc2oc(-c3ccc(F)cc3)cc(=O)c2c1. The summed E-state index contributed by atoms with van der Waals surface area (Å²) in [6.07, 6.45) is 0.188. The van der Waals surface area contributed by atoms with E-state index in [1.807, 2.05) is 0 Å². The van der Waals surface area contributed by atoms with Crippen LogP contribution in [-0.2, 0) is 11.2 Å². The Bertz CT molecular complexity index is 1250. The molecule has 0 fully saturated rings. The third-order valence-corrected chi connectivity index (χ3v) is 4.67. The fraction of sp³-hybridized carbons (Fsp3) is 0.0435. The molecule has 1 amide bonds. The van der Waals surface area contributed by atoms with Gasteiger partial charge in [-0.1, -0.05) is 23.7 Å². The van der Waals surface area contributed by atoms with Crippen LogP contribution in [0.5, 0.6) is 0 Å². The Labute approximate surface area is 170 Å². The maximum atomic E-state index is 13.1. The third-order valence-electron chi connectivity index (χ3n) is 4.42. The second kappa shape index (κ2) is 7.89. The zero-order chi connectivity index (χ0) is 20.4. The fourth-order valence-electron chi connectivity index (χ4n) is 2.98. The van der Waals surface area contributed by atoms with Crippen molar-refractivity contribution in [1.82, 2.24) is 0 Å². The van der Waals surface area contributed by atoms with Crippen LogP contribution in [0.25, 0.3) is 22.3 Å². The first-order chi connectivity index (χ1) is 14.0. The highest BCUT2D eigenvalue weighted by molar-refractivity contribution is 6.30. The molecule has 1 N–H and O–H groups in total. The van der Waals surface area contributed by atoms with E-state index < -0.39 is 0 Å². The van der Waals surface area contributed by atoms with Crippen molar-refractivity contribution in [3.05, 3.63) is 99.4 Å². The number of halogens is 2. The Balaban J connectivity index is 1.57. The molecular formula is C23H15ClFNO3. The molecule has 0 aliphatic carbocycles. The first-order valence-electron chi connectivity index (χ1n) is 8.86. The molecule has 0 spiro atoms. The summed E-state index contributed by atoms with van der Waals surface area (Å²) >= 11 is 5.85. The number of carbonyl (C=O) groups is 1. The van der Waals surface area contributed by atoms with Crippen molar-refractivity contribution in [1.29, 1.82) is 0 Å². The van der Waals surface area contributed by atoms with Gasteiger partial charge in [0.05, 0.1) is 11.8 Å². The van der Waals surface area contributed by atoms with Crippen molar-refractivity contribution in [2.75, 3.05) is 5.32 Å². The Morgan fingerprint density at radius 3 is 2.41 bits per heavy atom. The minimum absolute atomic E-state index is 0.188. The van der Waals surface area contributed by atoms with Gasteiger partial charge in [-0.15, -0.1) is 0 Å². The van der Waals surface area contributed by atoms with Crippen molar-refractivity contribution in [2.45, 2.75) is 6.42 Å². The molecule has 0 aliphatic rings. The highest BCUT2D eigenvalue weighted by Gasteiger charge is 2.10. The second-order valence-corrected chi connectivity index (χ2v) is 6.98. The quantitative estimate of drug-likeness (QED) is 0.490. The molecule has 4 aromatic rings.